The first-order chi connectivity index (χ1) is 13.0. The molecule has 1 atom stereocenters. The van der Waals surface area contributed by atoms with Crippen LogP contribution in [0.25, 0.3) is 5.65 Å². The maximum Gasteiger partial charge on any atom is 0.376 e. The summed E-state index contributed by atoms with van der Waals surface area (Å²) in [6, 6.07) is 14.7. The van der Waals surface area contributed by atoms with E-state index in [0.29, 0.717) is 25.3 Å². The molecule has 4 rings (SSSR count). The molecule has 0 bridgehead atoms. The summed E-state index contributed by atoms with van der Waals surface area (Å²) < 4.78 is 7.19. The third kappa shape index (κ3) is 2.93. The van der Waals surface area contributed by atoms with Crippen molar-refractivity contribution >= 4 is 17.2 Å². The van der Waals surface area contributed by atoms with E-state index < -0.39 is 21.8 Å². The highest BCUT2D eigenvalue weighted by Crippen LogP contribution is 2.33. The van der Waals surface area contributed by atoms with Gasteiger partial charge in [0.2, 0.25) is 5.82 Å². The molecule has 1 fully saturated rings. The number of aromatic nitrogens is 2. The molecule has 3 heterocycles. The molecule has 1 aromatic carbocycles. The lowest BCUT2D eigenvalue weighted by molar-refractivity contribution is -0.385. The fourth-order valence-corrected chi connectivity index (χ4v) is 3.46. The average Bonchev–Trinajstić information content (AvgIpc) is 2.68. The lowest BCUT2D eigenvalue weighted by Crippen LogP contribution is -2.49. The van der Waals surface area contributed by atoms with Crippen LogP contribution in [0.15, 0.2) is 59.5 Å². The number of benzene rings is 1. The number of pyridine rings is 1. The first-order valence-corrected chi connectivity index (χ1v) is 8.60. The zero-order valence-electron chi connectivity index (χ0n) is 14.7. The van der Waals surface area contributed by atoms with E-state index in [9.17, 15) is 14.9 Å². The number of nitrogens with zero attached hydrogens (tertiary/aromatic N) is 4. The summed E-state index contributed by atoms with van der Waals surface area (Å²) in [5.41, 5.74) is -0.521. The molecule has 2 aromatic heterocycles. The number of fused-ring (bicyclic) bond motifs is 1. The van der Waals surface area contributed by atoms with Gasteiger partial charge in [-0.2, -0.15) is 0 Å². The van der Waals surface area contributed by atoms with E-state index in [4.69, 9.17) is 4.74 Å². The van der Waals surface area contributed by atoms with Crippen molar-refractivity contribution in [1.29, 1.82) is 0 Å². The highest BCUT2D eigenvalue weighted by atomic mass is 16.6. The Morgan fingerprint density at radius 3 is 2.67 bits per heavy atom. The first-order valence-electron chi connectivity index (χ1n) is 8.60. The molecule has 1 saturated heterocycles. The van der Waals surface area contributed by atoms with Gasteiger partial charge in [0.15, 0.2) is 0 Å². The Morgan fingerprint density at radius 1 is 1.19 bits per heavy atom. The molecule has 0 N–H and O–H groups in total. The van der Waals surface area contributed by atoms with Gasteiger partial charge in [0, 0.05) is 12.7 Å². The van der Waals surface area contributed by atoms with Gasteiger partial charge in [-0.3, -0.25) is 19.3 Å². The van der Waals surface area contributed by atoms with Crippen LogP contribution in [0.5, 0.6) is 0 Å². The van der Waals surface area contributed by atoms with Crippen molar-refractivity contribution in [1.82, 2.24) is 9.38 Å². The van der Waals surface area contributed by atoms with E-state index in [2.05, 4.69) is 4.98 Å². The second-order valence-corrected chi connectivity index (χ2v) is 6.64. The highest BCUT2D eigenvalue weighted by Gasteiger charge is 2.37. The van der Waals surface area contributed by atoms with Gasteiger partial charge in [0.25, 0.3) is 0 Å². The Morgan fingerprint density at radius 2 is 1.93 bits per heavy atom. The summed E-state index contributed by atoms with van der Waals surface area (Å²) in [7, 11) is 0. The molecular weight excluding hydrogens is 348 g/mol. The van der Waals surface area contributed by atoms with Gasteiger partial charge < -0.3 is 9.64 Å². The molecule has 0 saturated carbocycles. The molecule has 138 valence electrons. The van der Waals surface area contributed by atoms with Crippen LogP contribution in [0, 0.1) is 10.1 Å². The number of hydrogen-bond donors (Lipinski definition) is 0. The predicted octanol–water partition coefficient (Wildman–Crippen LogP) is 2.35. The smallest absolute Gasteiger partial charge is 0.367 e. The van der Waals surface area contributed by atoms with Crippen LogP contribution >= 0.6 is 0 Å². The maximum atomic E-state index is 12.7. The normalized spacial score (nSPS) is 20.0. The SMILES string of the molecule is CC1(c2ccccc2)CN(c2nc3ccccn3c(=O)c2[N+](=O)[O-])CCO1. The molecule has 0 aliphatic carbocycles. The molecule has 8 heteroatoms. The highest BCUT2D eigenvalue weighted by molar-refractivity contribution is 5.62. The summed E-state index contributed by atoms with van der Waals surface area (Å²) in [5, 5.41) is 11.7. The van der Waals surface area contributed by atoms with Gasteiger partial charge in [-0.1, -0.05) is 36.4 Å². The number of nitro groups is 1. The molecule has 0 radical (unpaired) electrons. The first kappa shape index (κ1) is 17.2. The van der Waals surface area contributed by atoms with Gasteiger partial charge >= 0.3 is 11.2 Å². The molecule has 27 heavy (non-hydrogen) atoms. The van der Waals surface area contributed by atoms with Crippen molar-refractivity contribution < 1.29 is 9.66 Å². The third-order valence-corrected chi connectivity index (χ3v) is 4.83. The summed E-state index contributed by atoms with van der Waals surface area (Å²) in [6.07, 6.45) is 1.48. The number of rotatable bonds is 3. The molecular formula is C19H18N4O4. The van der Waals surface area contributed by atoms with Crippen LogP contribution in [-0.4, -0.2) is 34.0 Å². The average molecular weight is 366 g/mol. The summed E-state index contributed by atoms with van der Waals surface area (Å²) in [4.78, 5) is 29.9. The van der Waals surface area contributed by atoms with Crippen LogP contribution < -0.4 is 10.5 Å². The molecule has 1 aliphatic heterocycles. The fraction of sp³-hybridized carbons (Fsp3) is 0.263. The van der Waals surface area contributed by atoms with Crippen molar-refractivity contribution in [2.45, 2.75) is 12.5 Å². The second kappa shape index (κ2) is 6.48. The molecule has 1 unspecified atom stereocenters. The van der Waals surface area contributed by atoms with Crippen molar-refractivity contribution in [2.24, 2.45) is 0 Å². The topological polar surface area (TPSA) is 90.0 Å². The Balaban J connectivity index is 1.83. The zero-order valence-corrected chi connectivity index (χ0v) is 14.7. The fourth-order valence-electron chi connectivity index (χ4n) is 3.46. The largest absolute Gasteiger partial charge is 0.376 e. The van der Waals surface area contributed by atoms with Crippen molar-refractivity contribution in [3.63, 3.8) is 0 Å². The minimum absolute atomic E-state index is 0.0849. The quantitative estimate of drug-likeness (QED) is 0.522. The monoisotopic (exact) mass is 366 g/mol. The molecule has 0 spiro atoms. The Kier molecular flexibility index (Phi) is 4.12. The maximum absolute atomic E-state index is 12.7. The number of ether oxygens (including phenoxy) is 1. The van der Waals surface area contributed by atoms with E-state index >= 15 is 0 Å². The Bertz CT molecular complexity index is 1070. The predicted molar refractivity (Wildman–Crippen MR) is 100 cm³/mol. The van der Waals surface area contributed by atoms with Crippen LogP contribution in [-0.2, 0) is 10.3 Å². The minimum atomic E-state index is -0.687. The van der Waals surface area contributed by atoms with Crippen LogP contribution in [0.2, 0.25) is 0 Å². The van der Waals surface area contributed by atoms with Gasteiger partial charge in [-0.25, -0.2) is 4.98 Å². The standard InChI is InChI=1S/C19H18N4O4/c1-19(14-7-3-2-4-8-14)13-21(11-12-27-19)17-16(23(25)26)18(24)22-10-6-5-9-15(22)20-17/h2-10H,11-13H2,1H3. The molecule has 0 amide bonds. The second-order valence-electron chi connectivity index (χ2n) is 6.64. The number of morpholine rings is 1. The minimum Gasteiger partial charge on any atom is -0.367 e. The van der Waals surface area contributed by atoms with Crippen LogP contribution in [0.1, 0.15) is 12.5 Å². The summed E-state index contributed by atoms with van der Waals surface area (Å²) in [5.74, 6) is 0.0849. The number of hydrogen-bond acceptors (Lipinski definition) is 6. The van der Waals surface area contributed by atoms with Crippen molar-refractivity contribution in [3.8, 4) is 0 Å². The van der Waals surface area contributed by atoms with Gasteiger partial charge in [0.05, 0.1) is 18.1 Å². The summed E-state index contributed by atoms with van der Waals surface area (Å²) >= 11 is 0. The van der Waals surface area contributed by atoms with Crippen LogP contribution in [0.4, 0.5) is 11.5 Å². The van der Waals surface area contributed by atoms with Gasteiger partial charge in [-0.15, -0.1) is 0 Å². The Labute approximate surface area is 154 Å². The number of anilines is 1. The van der Waals surface area contributed by atoms with E-state index in [0.717, 1.165) is 5.56 Å². The third-order valence-electron chi connectivity index (χ3n) is 4.83. The van der Waals surface area contributed by atoms with E-state index in [1.165, 1.54) is 10.6 Å². The van der Waals surface area contributed by atoms with E-state index in [1.54, 1.807) is 23.1 Å². The van der Waals surface area contributed by atoms with Gasteiger partial charge in [-0.05, 0) is 24.6 Å². The van der Waals surface area contributed by atoms with E-state index in [-0.39, 0.29) is 5.82 Å². The molecule has 1 aliphatic rings. The lowest BCUT2D eigenvalue weighted by Gasteiger charge is -2.41. The van der Waals surface area contributed by atoms with Gasteiger partial charge in [0.1, 0.15) is 11.2 Å². The van der Waals surface area contributed by atoms with Crippen molar-refractivity contribution in [2.75, 3.05) is 24.6 Å². The molecule has 8 nitrogen and oxygen atoms in total. The molecule has 3 aromatic rings. The van der Waals surface area contributed by atoms with Crippen LogP contribution in [0.3, 0.4) is 0 Å². The summed E-state index contributed by atoms with van der Waals surface area (Å²) in [6.45, 7) is 3.08. The zero-order chi connectivity index (χ0) is 19.0. The van der Waals surface area contributed by atoms with E-state index in [1.807, 2.05) is 37.3 Å². The Hall–Kier alpha value is -3.26. The van der Waals surface area contributed by atoms with Crippen molar-refractivity contribution in [3.05, 3.63) is 80.8 Å². The lowest BCUT2D eigenvalue weighted by atomic mass is 9.94.